The van der Waals surface area contributed by atoms with Crippen LogP contribution >= 0.6 is 15.9 Å². The number of halogens is 7. The molecule has 0 atom stereocenters. The van der Waals surface area contributed by atoms with Gasteiger partial charge in [0, 0.05) is 16.2 Å². The van der Waals surface area contributed by atoms with Gasteiger partial charge in [-0.2, -0.15) is 26.3 Å². The largest absolute Gasteiger partial charge is 0.493 e. The van der Waals surface area contributed by atoms with E-state index in [9.17, 15) is 35.9 Å². The van der Waals surface area contributed by atoms with Crippen molar-refractivity contribution in [1.29, 1.82) is 0 Å². The predicted octanol–water partition coefficient (Wildman–Crippen LogP) is 7.00. The first-order valence-electron chi connectivity index (χ1n) is 12.0. The highest BCUT2D eigenvalue weighted by Gasteiger charge is 2.38. The summed E-state index contributed by atoms with van der Waals surface area (Å²) in [7, 11) is 1.23. The van der Waals surface area contributed by atoms with E-state index in [-0.39, 0.29) is 42.8 Å². The molecule has 0 unspecified atom stereocenters. The van der Waals surface area contributed by atoms with E-state index < -0.39 is 41.0 Å². The van der Waals surface area contributed by atoms with Crippen molar-refractivity contribution in [2.75, 3.05) is 25.6 Å². The van der Waals surface area contributed by atoms with Crippen molar-refractivity contribution in [3.63, 3.8) is 0 Å². The first-order valence-corrected chi connectivity index (χ1v) is 12.8. The van der Waals surface area contributed by atoms with E-state index in [0.717, 1.165) is 0 Å². The Balaban J connectivity index is 1.70. The highest BCUT2D eigenvalue weighted by molar-refractivity contribution is 9.10. The monoisotopic (exact) mass is 659 g/mol. The Morgan fingerprint density at radius 1 is 0.952 bits per heavy atom. The van der Waals surface area contributed by atoms with Crippen molar-refractivity contribution in [2.24, 2.45) is 0 Å². The molecular weight excluding hydrogens is 640 g/mol. The number of fused-ring (bicyclic) bond motifs is 1. The summed E-state index contributed by atoms with van der Waals surface area (Å²) in [6.45, 7) is 1.66. The van der Waals surface area contributed by atoms with Gasteiger partial charge in [0.15, 0.2) is 11.5 Å². The Kier molecular flexibility index (Phi) is 8.71. The van der Waals surface area contributed by atoms with Crippen LogP contribution in [0.3, 0.4) is 0 Å². The molecule has 2 aromatic heterocycles. The lowest BCUT2D eigenvalue weighted by Gasteiger charge is -2.15. The molecule has 0 radical (unpaired) electrons. The number of benzene rings is 2. The fourth-order valence-electron chi connectivity index (χ4n) is 3.89. The van der Waals surface area contributed by atoms with Crippen molar-refractivity contribution in [3.05, 3.63) is 75.9 Å². The van der Waals surface area contributed by atoms with Crippen molar-refractivity contribution >= 4 is 39.3 Å². The Morgan fingerprint density at radius 3 is 2.21 bits per heavy atom. The minimum atomic E-state index is -5.14. The fraction of sp³-hybridized carbons (Fsp3) is 0.222. The molecule has 0 amide bonds. The van der Waals surface area contributed by atoms with E-state index in [1.165, 1.54) is 25.3 Å². The number of ether oxygens (including phenoxy) is 3. The number of imidazole rings is 1. The standard InChI is InChI=1S/C27H20BrF6N3O5/c1-3-41-22(38)12-35-24-23(36-21-7-5-18(28)13-37(21)24)14-4-6-19(20(10-14)40-2)42-25(39)15-8-16(26(29,30)31)11-17(9-15)27(32,33)34/h4-11,13,35H,3,12H2,1-2H3. The number of alkyl halides is 6. The topological polar surface area (TPSA) is 91.2 Å². The van der Waals surface area contributed by atoms with E-state index >= 15 is 0 Å². The zero-order valence-electron chi connectivity index (χ0n) is 21.7. The minimum absolute atomic E-state index is 0.0709. The van der Waals surface area contributed by atoms with E-state index in [1.807, 2.05) is 0 Å². The average molecular weight is 660 g/mol. The summed E-state index contributed by atoms with van der Waals surface area (Å²) in [5.41, 5.74) is -3.02. The molecule has 0 saturated heterocycles. The molecule has 222 valence electrons. The van der Waals surface area contributed by atoms with Crippen LogP contribution in [0.15, 0.2) is 59.2 Å². The van der Waals surface area contributed by atoms with Crippen LogP contribution in [0.2, 0.25) is 0 Å². The number of rotatable bonds is 8. The van der Waals surface area contributed by atoms with Gasteiger partial charge in [0.25, 0.3) is 0 Å². The Morgan fingerprint density at radius 2 is 1.62 bits per heavy atom. The fourth-order valence-corrected chi connectivity index (χ4v) is 4.22. The first kappa shape index (κ1) is 30.7. The highest BCUT2D eigenvalue weighted by atomic mass is 79.9. The van der Waals surface area contributed by atoms with Gasteiger partial charge < -0.3 is 19.5 Å². The lowest BCUT2D eigenvalue weighted by molar-refractivity contribution is -0.143. The molecule has 15 heteroatoms. The second kappa shape index (κ2) is 11.9. The number of methoxy groups -OCH3 is 1. The molecule has 2 aromatic carbocycles. The van der Waals surface area contributed by atoms with Crippen LogP contribution in [0.5, 0.6) is 11.5 Å². The van der Waals surface area contributed by atoms with Gasteiger partial charge in [-0.25, -0.2) is 9.78 Å². The van der Waals surface area contributed by atoms with Gasteiger partial charge in [-0.05, 0) is 71.4 Å². The maximum Gasteiger partial charge on any atom is 0.416 e. The number of carbonyl (C=O) groups is 2. The number of hydrogen-bond donors (Lipinski definition) is 1. The number of nitrogens with one attached hydrogen (secondary N) is 1. The number of anilines is 1. The third kappa shape index (κ3) is 6.78. The number of aromatic nitrogens is 2. The van der Waals surface area contributed by atoms with E-state index in [2.05, 4.69) is 26.2 Å². The van der Waals surface area contributed by atoms with Gasteiger partial charge in [-0.1, -0.05) is 0 Å². The van der Waals surface area contributed by atoms with E-state index in [0.29, 0.717) is 27.2 Å². The first-order chi connectivity index (χ1) is 19.7. The second-order valence-electron chi connectivity index (χ2n) is 8.59. The van der Waals surface area contributed by atoms with Gasteiger partial charge in [0.2, 0.25) is 0 Å². The number of nitrogens with zero attached hydrogens (tertiary/aromatic N) is 2. The summed E-state index contributed by atoms with van der Waals surface area (Å²) in [6, 6.07) is 8.02. The molecule has 0 saturated carbocycles. The maximum atomic E-state index is 13.2. The van der Waals surface area contributed by atoms with Gasteiger partial charge in [-0.3, -0.25) is 9.20 Å². The highest BCUT2D eigenvalue weighted by Crippen LogP contribution is 2.39. The van der Waals surface area contributed by atoms with Crippen LogP contribution in [-0.2, 0) is 21.9 Å². The third-order valence-corrected chi connectivity index (χ3v) is 6.22. The van der Waals surface area contributed by atoms with Crippen molar-refractivity contribution < 1.29 is 50.1 Å². The molecule has 4 rings (SSSR count). The molecule has 0 aliphatic carbocycles. The van der Waals surface area contributed by atoms with Crippen LogP contribution in [-0.4, -0.2) is 41.6 Å². The normalized spacial score (nSPS) is 11.8. The van der Waals surface area contributed by atoms with E-state index in [1.54, 1.807) is 29.7 Å². The second-order valence-corrected chi connectivity index (χ2v) is 9.51. The Bertz CT molecular complexity index is 1620. The zero-order chi connectivity index (χ0) is 30.8. The van der Waals surface area contributed by atoms with Crippen molar-refractivity contribution in [3.8, 4) is 22.8 Å². The summed E-state index contributed by atoms with van der Waals surface area (Å²) >= 11 is 3.38. The smallest absolute Gasteiger partial charge is 0.416 e. The molecule has 0 aliphatic rings. The molecular formula is C27H20BrF6N3O5. The molecule has 0 bridgehead atoms. The van der Waals surface area contributed by atoms with Crippen molar-refractivity contribution in [2.45, 2.75) is 19.3 Å². The summed E-state index contributed by atoms with van der Waals surface area (Å²) < 4.78 is 97.2. The molecule has 1 N–H and O–H groups in total. The molecule has 2 heterocycles. The molecule has 0 spiro atoms. The lowest BCUT2D eigenvalue weighted by Crippen LogP contribution is -2.18. The number of esters is 2. The number of carbonyl (C=O) groups excluding carboxylic acids is 2. The van der Waals surface area contributed by atoms with Gasteiger partial charge in [0.1, 0.15) is 23.7 Å². The minimum Gasteiger partial charge on any atom is -0.493 e. The third-order valence-electron chi connectivity index (χ3n) is 5.75. The zero-order valence-corrected chi connectivity index (χ0v) is 23.3. The molecule has 8 nitrogen and oxygen atoms in total. The summed E-state index contributed by atoms with van der Waals surface area (Å²) in [5.74, 6) is -1.93. The summed E-state index contributed by atoms with van der Waals surface area (Å²) in [5, 5.41) is 2.98. The number of pyridine rings is 1. The van der Waals surface area contributed by atoms with Crippen LogP contribution in [0.4, 0.5) is 32.2 Å². The molecule has 42 heavy (non-hydrogen) atoms. The summed E-state index contributed by atoms with van der Waals surface area (Å²) in [6.07, 6.45) is -8.58. The molecule has 0 aliphatic heterocycles. The number of hydrogen-bond acceptors (Lipinski definition) is 7. The van der Waals surface area contributed by atoms with Gasteiger partial charge in [-0.15, -0.1) is 0 Å². The maximum absolute atomic E-state index is 13.2. The quantitative estimate of drug-likeness (QED) is 0.124. The Labute approximate surface area is 242 Å². The van der Waals surface area contributed by atoms with Gasteiger partial charge in [0.05, 0.1) is 30.4 Å². The SMILES string of the molecule is CCOC(=O)CNc1c(-c2ccc(OC(=O)c3cc(C(F)(F)F)cc(C(F)(F)F)c3)c(OC)c2)nc2ccc(Br)cn12. The molecule has 0 fully saturated rings. The summed E-state index contributed by atoms with van der Waals surface area (Å²) in [4.78, 5) is 29.3. The van der Waals surface area contributed by atoms with Crippen molar-refractivity contribution in [1.82, 2.24) is 9.38 Å². The molecule has 4 aromatic rings. The lowest BCUT2D eigenvalue weighted by atomic mass is 10.0. The Hall–Kier alpha value is -4.27. The van der Waals surface area contributed by atoms with Crippen LogP contribution < -0.4 is 14.8 Å². The van der Waals surface area contributed by atoms with Crippen LogP contribution in [0.25, 0.3) is 16.9 Å². The predicted molar refractivity (Wildman–Crippen MR) is 141 cm³/mol. The van der Waals surface area contributed by atoms with Crippen LogP contribution in [0.1, 0.15) is 28.4 Å². The van der Waals surface area contributed by atoms with E-state index in [4.69, 9.17) is 14.2 Å². The van der Waals surface area contributed by atoms with Gasteiger partial charge >= 0.3 is 24.3 Å². The average Bonchev–Trinajstić information content (AvgIpc) is 3.28. The van der Waals surface area contributed by atoms with Crippen LogP contribution in [0, 0.1) is 0 Å².